The second-order valence-corrected chi connectivity index (χ2v) is 4.53. The van der Waals surface area contributed by atoms with Gasteiger partial charge in [0.2, 0.25) is 0 Å². The molecule has 1 aromatic carbocycles. The minimum atomic E-state index is -1.12. The molecule has 0 N–H and O–H groups in total. The van der Waals surface area contributed by atoms with Crippen LogP contribution in [-0.2, 0) is 4.74 Å². The quantitative estimate of drug-likeness (QED) is 0.624. The van der Waals surface area contributed by atoms with E-state index in [1.807, 2.05) is 0 Å². The van der Waals surface area contributed by atoms with Gasteiger partial charge in [-0.25, -0.2) is 13.6 Å². The summed E-state index contributed by atoms with van der Waals surface area (Å²) >= 11 is 2.87. The number of aryl methyl sites for hydroxylation is 1. The fourth-order valence-electron chi connectivity index (χ4n) is 1.61. The topological polar surface area (TPSA) is 52.3 Å². The second-order valence-electron chi connectivity index (χ2n) is 3.68. The fraction of sp³-hybridized carbons (Fsp3) is 0.167. The number of methoxy groups -OCH3 is 1. The molecule has 0 aliphatic heterocycles. The van der Waals surface area contributed by atoms with Crippen LogP contribution in [0.15, 0.2) is 21.1 Å². The number of carbonyl (C=O) groups is 1. The Bertz CT molecular complexity index is 655. The zero-order valence-electron chi connectivity index (χ0n) is 9.96. The molecule has 0 fully saturated rings. The Hall–Kier alpha value is -1.76. The van der Waals surface area contributed by atoms with E-state index in [0.717, 1.165) is 0 Å². The lowest BCUT2D eigenvalue weighted by Crippen LogP contribution is -2.04. The maximum absolute atomic E-state index is 13.9. The van der Waals surface area contributed by atoms with Crippen molar-refractivity contribution < 1.29 is 22.8 Å². The molecule has 100 valence electrons. The van der Waals surface area contributed by atoms with E-state index in [1.165, 1.54) is 26.2 Å². The third kappa shape index (κ3) is 2.25. The van der Waals surface area contributed by atoms with Crippen LogP contribution < -0.4 is 0 Å². The molecule has 1 aromatic heterocycles. The summed E-state index contributed by atoms with van der Waals surface area (Å²) in [5, 5.41) is 3.59. The number of ether oxygens (including phenoxy) is 1. The van der Waals surface area contributed by atoms with Gasteiger partial charge in [0.1, 0.15) is 17.0 Å². The van der Waals surface area contributed by atoms with Crippen LogP contribution in [0.4, 0.5) is 8.78 Å². The van der Waals surface area contributed by atoms with Crippen LogP contribution in [0.3, 0.4) is 0 Å². The minimum Gasteiger partial charge on any atom is -0.465 e. The summed E-state index contributed by atoms with van der Waals surface area (Å²) in [5.41, 5.74) is -0.283. The van der Waals surface area contributed by atoms with E-state index in [1.54, 1.807) is 0 Å². The standard InChI is InChI=1S/C12H8BrF2NO3/c1-5-8(12(17)18-2)11(16-19-5)6-3-4-7(13)10(15)9(6)14/h3-4H,1-2H3. The Morgan fingerprint density at radius 1 is 1.37 bits per heavy atom. The van der Waals surface area contributed by atoms with Gasteiger partial charge in [-0.2, -0.15) is 0 Å². The monoisotopic (exact) mass is 331 g/mol. The number of rotatable bonds is 2. The maximum Gasteiger partial charge on any atom is 0.343 e. The van der Waals surface area contributed by atoms with Crippen molar-refractivity contribution in [1.82, 2.24) is 5.16 Å². The molecule has 0 radical (unpaired) electrons. The molecule has 7 heteroatoms. The van der Waals surface area contributed by atoms with E-state index in [-0.39, 0.29) is 27.1 Å². The van der Waals surface area contributed by atoms with Gasteiger partial charge in [0.15, 0.2) is 11.6 Å². The maximum atomic E-state index is 13.9. The van der Waals surface area contributed by atoms with Gasteiger partial charge in [-0.3, -0.25) is 0 Å². The highest BCUT2D eigenvalue weighted by Crippen LogP contribution is 2.31. The van der Waals surface area contributed by atoms with Crippen molar-refractivity contribution in [3.8, 4) is 11.3 Å². The third-order valence-electron chi connectivity index (χ3n) is 2.54. The first-order chi connectivity index (χ1) is 8.97. The highest BCUT2D eigenvalue weighted by atomic mass is 79.9. The Morgan fingerprint density at radius 2 is 2.05 bits per heavy atom. The van der Waals surface area contributed by atoms with Crippen LogP contribution in [0, 0.1) is 18.6 Å². The number of nitrogens with zero attached hydrogens (tertiary/aromatic N) is 1. The Morgan fingerprint density at radius 3 is 2.68 bits per heavy atom. The number of carbonyl (C=O) groups excluding carboxylic acids is 1. The van der Waals surface area contributed by atoms with E-state index < -0.39 is 17.6 Å². The third-order valence-corrected chi connectivity index (χ3v) is 3.15. The average Bonchev–Trinajstić information content (AvgIpc) is 2.77. The zero-order valence-corrected chi connectivity index (χ0v) is 11.5. The van der Waals surface area contributed by atoms with Crippen LogP contribution in [0.5, 0.6) is 0 Å². The largest absolute Gasteiger partial charge is 0.465 e. The van der Waals surface area contributed by atoms with E-state index in [0.29, 0.717) is 0 Å². The molecule has 19 heavy (non-hydrogen) atoms. The van der Waals surface area contributed by atoms with Gasteiger partial charge in [-0.05, 0) is 35.0 Å². The summed E-state index contributed by atoms with van der Waals surface area (Å²) in [6.07, 6.45) is 0. The number of hydrogen-bond acceptors (Lipinski definition) is 4. The lowest BCUT2D eigenvalue weighted by Gasteiger charge is -2.04. The highest BCUT2D eigenvalue weighted by Gasteiger charge is 2.25. The Kier molecular flexibility index (Phi) is 3.66. The molecule has 0 atom stereocenters. The number of hydrogen-bond donors (Lipinski definition) is 0. The predicted molar refractivity (Wildman–Crippen MR) is 65.6 cm³/mol. The SMILES string of the molecule is COC(=O)c1c(-c2ccc(Br)c(F)c2F)noc1C. The number of benzene rings is 1. The molecular weight excluding hydrogens is 324 g/mol. The lowest BCUT2D eigenvalue weighted by molar-refractivity contribution is 0.0599. The molecular formula is C12H8BrF2NO3. The van der Waals surface area contributed by atoms with Crippen LogP contribution in [0.1, 0.15) is 16.1 Å². The predicted octanol–water partition coefficient (Wildman–Crippen LogP) is 3.48. The molecule has 2 rings (SSSR count). The van der Waals surface area contributed by atoms with Crippen molar-refractivity contribution in [3.05, 3.63) is 39.6 Å². The van der Waals surface area contributed by atoms with Crippen molar-refractivity contribution in [3.63, 3.8) is 0 Å². The highest BCUT2D eigenvalue weighted by molar-refractivity contribution is 9.10. The van der Waals surface area contributed by atoms with Gasteiger partial charge in [0.25, 0.3) is 0 Å². The molecule has 2 aromatic rings. The van der Waals surface area contributed by atoms with E-state index in [9.17, 15) is 13.6 Å². The molecule has 4 nitrogen and oxygen atoms in total. The minimum absolute atomic E-state index is 0.0198. The Balaban J connectivity index is 2.67. The van der Waals surface area contributed by atoms with E-state index >= 15 is 0 Å². The second kappa shape index (κ2) is 5.08. The average molecular weight is 332 g/mol. The smallest absolute Gasteiger partial charge is 0.343 e. The molecule has 0 amide bonds. The summed E-state index contributed by atoms with van der Waals surface area (Å²) in [5.74, 6) is -2.73. The van der Waals surface area contributed by atoms with Gasteiger partial charge < -0.3 is 9.26 Å². The first-order valence-corrected chi connectivity index (χ1v) is 5.95. The van der Waals surface area contributed by atoms with Gasteiger partial charge in [-0.1, -0.05) is 5.16 Å². The fourth-order valence-corrected chi connectivity index (χ4v) is 1.91. The molecule has 0 saturated heterocycles. The number of aromatic nitrogens is 1. The van der Waals surface area contributed by atoms with Crippen molar-refractivity contribution in [2.24, 2.45) is 0 Å². The van der Waals surface area contributed by atoms with Crippen LogP contribution in [0.25, 0.3) is 11.3 Å². The first-order valence-electron chi connectivity index (χ1n) is 5.15. The summed E-state index contributed by atoms with van der Waals surface area (Å²) in [6, 6.07) is 2.62. The van der Waals surface area contributed by atoms with Gasteiger partial charge in [0, 0.05) is 5.56 Å². The molecule has 0 aliphatic rings. The van der Waals surface area contributed by atoms with E-state index in [4.69, 9.17) is 4.52 Å². The van der Waals surface area contributed by atoms with Gasteiger partial charge >= 0.3 is 5.97 Å². The summed E-state index contributed by atoms with van der Waals surface area (Å²) in [6.45, 7) is 1.48. The summed E-state index contributed by atoms with van der Waals surface area (Å²) in [7, 11) is 1.18. The van der Waals surface area contributed by atoms with Crippen LogP contribution in [-0.4, -0.2) is 18.2 Å². The first kappa shape index (κ1) is 13.7. The normalized spacial score (nSPS) is 10.6. The van der Waals surface area contributed by atoms with Crippen LogP contribution >= 0.6 is 15.9 Å². The summed E-state index contributed by atoms with van der Waals surface area (Å²) < 4.78 is 36.8. The molecule has 0 unspecified atom stereocenters. The van der Waals surface area contributed by atoms with Crippen molar-refractivity contribution in [2.75, 3.05) is 7.11 Å². The molecule has 0 saturated carbocycles. The Labute approximate surface area is 115 Å². The molecule has 0 bridgehead atoms. The molecule has 1 heterocycles. The van der Waals surface area contributed by atoms with Crippen molar-refractivity contribution in [2.45, 2.75) is 6.92 Å². The number of halogens is 3. The van der Waals surface area contributed by atoms with Crippen LogP contribution in [0.2, 0.25) is 0 Å². The van der Waals surface area contributed by atoms with Crippen molar-refractivity contribution in [1.29, 1.82) is 0 Å². The lowest BCUT2D eigenvalue weighted by atomic mass is 10.1. The van der Waals surface area contributed by atoms with Gasteiger partial charge in [0.05, 0.1) is 11.6 Å². The zero-order chi connectivity index (χ0) is 14.2. The number of esters is 1. The van der Waals surface area contributed by atoms with E-state index in [2.05, 4.69) is 25.8 Å². The molecule has 0 aliphatic carbocycles. The summed E-state index contributed by atoms with van der Waals surface area (Å²) in [4.78, 5) is 11.6. The van der Waals surface area contributed by atoms with Crippen molar-refractivity contribution >= 4 is 21.9 Å². The molecule has 0 spiro atoms. The van der Waals surface area contributed by atoms with Gasteiger partial charge in [-0.15, -0.1) is 0 Å².